The number of hydrogen-bond donors (Lipinski definition) is 2. The van der Waals surface area contributed by atoms with Gasteiger partial charge in [-0.3, -0.25) is 4.79 Å². The first-order valence-corrected chi connectivity index (χ1v) is 7.56. The second kappa shape index (κ2) is 5.96. The molecular weight excluding hydrogens is 248 g/mol. The molecule has 1 aliphatic rings. The number of carbonyl (C=O) groups is 1. The van der Waals surface area contributed by atoms with Crippen LogP contribution < -0.4 is 11.1 Å². The van der Waals surface area contributed by atoms with E-state index in [1.54, 1.807) is 0 Å². The van der Waals surface area contributed by atoms with Crippen molar-refractivity contribution in [2.45, 2.75) is 64.5 Å². The number of rotatable bonds is 4. The molecule has 3 nitrogen and oxygen atoms in total. The summed E-state index contributed by atoms with van der Waals surface area (Å²) in [6.45, 7) is 6.26. The highest BCUT2D eigenvalue weighted by Gasteiger charge is 2.37. The topological polar surface area (TPSA) is 55.1 Å². The number of nitrogens with two attached hydrogens (primary N) is 1. The zero-order chi connectivity index (χ0) is 14.8. The van der Waals surface area contributed by atoms with E-state index in [1.807, 2.05) is 6.92 Å². The third kappa shape index (κ3) is 3.60. The molecule has 1 fully saturated rings. The van der Waals surface area contributed by atoms with E-state index in [0.717, 1.165) is 32.1 Å². The molecule has 20 heavy (non-hydrogen) atoms. The Bertz CT molecular complexity index is 470. The third-order valence-electron chi connectivity index (χ3n) is 4.15. The van der Waals surface area contributed by atoms with Crippen molar-refractivity contribution in [1.82, 2.24) is 5.32 Å². The molecule has 1 atom stereocenters. The molecule has 0 aromatic heterocycles. The molecule has 3 heteroatoms. The van der Waals surface area contributed by atoms with Gasteiger partial charge in [0.1, 0.15) is 0 Å². The Morgan fingerprint density at radius 2 is 1.80 bits per heavy atom. The fourth-order valence-electron chi connectivity index (χ4n) is 3.19. The number of nitrogens with one attached hydrogen (secondary N) is 1. The van der Waals surface area contributed by atoms with Gasteiger partial charge < -0.3 is 11.1 Å². The molecule has 0 bridgehead atoms. The number of benzene rings is 1. The second-order valence-corrected chi connectivity index (χ2v) is 6.44. The Balaban J connectivity index is 1.95. The van der Waals surface area contributed by atoms with E-state index in [1.165, 1.54) is 16.7 Å². The van der Waals surface area contributed by atoms with Crippen LogP contribution in [0, 0.1) is 13.8 Å². The SMILES string of the molecule is Cc1cc(C)cc(CC(C)NC(=O)C2(N)CCCC2)c1. The highest BCUT2D eigenvalue weighted by Crippen LogP contribution is 2.27. The van der Waals surface area contributed by atoms with Crippen LogP contribution >= 0.6 is 0 Å². The van der Waals surface area contributed by atoms with Crippen molar-refractivity contribution >= 4 is 5.91 Å². The van der Waals surface area contributed by atoms with Gasteiger partial charge in [-0.1, -0.05) is 42.2 Å². The highest BCUT2D eigenvalue weighted by molar-refractivity contribution is 5.86. The lowest BCUT2D eigenvalue weighted by Gasteiger charge is -2.25. The molecule has 0 aliphatic heterocycles. The Labute approximate surface area is 121 Å². The van der Waals surface area contributed by atoms with E-state index < -0.39 is 5.54 Å². The van der Waals surface area contributed by atoms with Gasteiger partial charge in [-0.15, -0.1) is 0 Å². The molecule has 0 heterocycles. The fourth-order valence-corrected chi connectivity index (χ4v) is 3.19. The van der Waals surface area contributed by atoms with Crippen LogP contribution in [-0.2, 0) is 11.2 Å². The Hall–Kier alpha value is -1.35. The Morgan fingerprint density at radius 3 is 2.35 bits per heavy atom. The summed E-state index contributed by atoms with van der Waals surface area (Å²) in [4.78, 5) is 12.3. The van der Waals surface area contributed by atoms with Crippen molar-refractivity contribution in [3.63, 3.8) is 0 Å². The van der Waals surface area contributed by atoms with E-state index in [9.17, 15) is 4.79 Å². The van der Waals surface area contributed by atoms with Gasteiger partial charge in [0.15, 0.2) is 0 Å². The minimum absolute atomic E-state index is 0.0203. The molecule has 1 saturated carbocycles. The van der Waals surface area contributed by atoms with E-state index >= 15 is 0 Å². The van der Waals surface area contributed by atoms with Gasteiger partial charge in [0.05, 0.1) is 5.54 Å². The smallest absolute Gasteiger partial charge is 0.240 e. The van der Waals surface area contributed by atoms with Gasteiger partial charge in [-0.2, -0.15) is 0 Å². The van der Waals surface area contributed by atoms with E-state index in [4.69, 9.17) is 5.73 Å². The first-order chi connectivity index (χ1) is 9.39. The van der Waals surface area contributed by atoms with Crippen LogP contribution in [0.15, 0.2) is 18.2 Å². The maximum Gasteiger partial charge on any atom is 0.240 e. The second-order valence-electron chi connectivity index (χ2n) is 6.44. The van der Waals surface area contributed by atoms with Crippen LogP contribution in [0.3, 0.4) is 0 Å². The van der Waals surface area contributed by atoms with Crippen molar-refractivity contribution in [2.24, 2.45) is 5.73 Å². The summed E-state index contributed by atoms with van der Waals surface area (Å²) < 4.78 is 0. The lowest BCUT2D eigenvalue weighted by Crippen LogP contribution is -2.54. The van der Waals surface area contributed by atoms with Gasteiger partial charge in [-0.25, -0.2) is 0 Å². The van der Waals surface area contributed by atoms with Gasteiger partial charge in [0, 0.05) is 6.04 Å². The molecule has 1 amide bonds. The third-order valence-corrected chi connectivity index (χ3v) is 4.15. The molecule has 1 unspecified atom stereocenters. The van der Waals surface area contributed by atoms with E-state index in [-0.39, 0.29) is 11.9 Å². The Morgan fingerprint density at radius 1 is 1.25 bits per heavy atom. The van der Waals surface area contributed by atoms with Crippen molar-refractivity contribution < 1.29 is 4.79 Å². The summed E-state index contributed by atoms with van der Waals surface area (Å²) >= 11 is 0. The van der Waals surface area contributed by atoms with Crippen LogP contribution in [0.5, 0.6) is 0 Å². The zero-order valence-electron chi connectivity index (χ0n) is 12.8. The quantitative estimate of drug-likeness (QED) is 0.886. The minimum Gasteiger partial charge on any atom is -0.352 e. The molecule has 0 spiro atoms. The number of aryl methyl sites for hydroxylation is 2. The lowest BCUT2D eigenvalue weighted by molar-refractivity contribution is -0.126. The zero-order valence-corrected chi connectivity index (χ0v) is 12.8. The van der Waals surface area contributed by atoms with Crippen molar-refractivity contribution in [3.8, 4) is 0 Å². The summed E-state index contributed by atoms with van der Waals surface area (Å²) in [5.41, 5.74) is 9.36. The lowest BCUT2D eigenvalue weighted by atomic mass is 9.96. The number of amides is 1. The molecule has 0 radical (unpaired) electrons. The molecule has 0 saturated heterocycles. The average Bonchev–Trinajstić information content (AvgIpc) is 2.75. The predicted molar refractivity (Wildman–Crippen MR) is 82.6 cm³/mol. The van der Waals surface area contributed by atoms with Crippen LogP contribution in [0.4, 0.5) is 0 Å². The summed E-state index contributed by atoms with van der Waals surface area (Å²) in [5, 5.41) is 3.09. The van der Waals surface area contributed by atoms with Crippen LogP contribution in [0.1, 0.15) is 49.3 Å². The Kier molecular flexibility index (Phi) is 4.48. The van der Waals surface area contributed by atoms with Gasteiger partial charge in [0.2, 0.25) is 5.91 Å². The molecule has 3 N–H and O–H groups in total. The summed E-state index contributed by atoms with van der Waals surface area (Å²) in [5.74, 6) is 0.0203. The van der Waals surface area contributed by atoms with Crippen LogP contribution in [0.25, 0.3) is 0 Å². The van der Waals surface area contributed by atoms with Crippen LogP contribution in [0.2, 0.25) is 0 Å². The van der Waals surface area contributed by atoms with Gasteiger partial charge in [0.25, 0.3) is 0 Å². The fraction of sp³-hybridized carbons (Fsp3) is 0.588. The summed E-state index contributed by atoms with van der Waals surface area (Å²) in [6.07, 6.45) is 4.61. The molecular formula is C17H26N2O. The largest absolute Gasteiger partial charge is 0.352 e. The first kappa shape index (κ1) is 15.0. The van der Waals surface area contributed by atoms with E-state index in [0.29, 0.717) is 0 Å². The monoisotopic (exact) mass is 274 g/mol. The highest BCUT2D eigenvalue weighted by atomic mass is 16.2. The first-order valence-electron chi connectivity index (χ1n) is 7.56. The van der Waals surface area contributed by atoms with Crippen molar-refractivity contribution in [3.05, 3.63) is 34.9 Å². The van der Waals surface area contributed by atoms with Crippen molar-refractivity contribution in [2.75, 3.05) is 0 Å². The van der Waals surface area contributed by atoms with Gasteiger partial charge in [-0.05, 0) is 45.6 Å². The maximum atomic E-state index is 12.3. The molecule has 110 valence electrons. The maximum absolute atomic E-state index is 12.3. The molecule has 1 aromatic rings. The van der Waals surface area contributed by atoms with Crippen molar-refractivity contribution in [1.29, 1.82) is 0 Å². The molecule has 1 aliphatic carbocycles. The number of carbonyl (C=O) groups excluding carboxylic acids is 1. The predicted octanol–water partition coefficient (Wildman–Crippen LogP) is 2.62. The van der Waals surface area contributed by atoms with E-state index in [2.05, 4.69) is 37.4 Å². The summed E-state index contributed by atoms with van der Waals surface area (Å²) in [7, 11) is 0. The molecule has 1 aromatic carbocycles. The molecule has 2 rings (SSSR count). The minimum atomic E-state index is -0.628. The normalized spacial score (nSPS) is 18.8. The average molecular weight is 274 g/mol. The number of hydrogen-bond acceptors (Lipinski definition) is 2. The van der Waals surface area contributed by atoms with Crippen LogP contribution in [-0.4, -0.2) is 17.5 Å². The summed E-state index contributed by atoms with van der Waals surface area (Å²) in [6, 6.07) is 6.65. The van der Waals surface area contributed by atoms with Gasteiger partial charge >= 0.3 is 0 Å². The standard InChI is InChI=1S/C17H26N2O/c1-12-8-13(2)10-15(9-12)11-14(3)19-16(20)17(18)6-4-5-7-17/h8-10,14H,4-7,11,18H2,1-3H3,(H,19,20).